The highest BCUT2D eigenvalue weighted by molar-refractivity contribution is 5.53. The van der Waals surface area contributed by atoms with E-state index in [1.807, 2.05) is 36.4 Å². The zero-order valence-electron chi connectivity index (χ0n) is 15.1. The third kappa shape index (κ3) is 3.45. The molecule has 0 radical (unpaired) electrons. The van der Waals surface area contributed by atoms with Crippen LogP contribution in [-0.2, 0) is 5.41 Å². The van der Waals surface area contributed by atoms with E-state index < -0.39 is 0 Å². The number of phenolic OH excluding ortho intramolecular Hbond substituents is 1. The molecule has 3 N–H and O–H groups in total. The molecule has 0 saturated heterocycles. The lowest BCUT2D eigenvalue weighted by atomic mass is 9.71. The summed E-state index contributed by atoms with van der Waals surface area (Å²) in [4.78, 5) is 0. The fraction of sp³-hybridized carbons (Fsp3) is 0.429. The predicted octanol–water partition coefficient (Wildman–Crippen LogP) is 4.61. The Morgan fingerprint density at radius 3 is 2.60 bits per heavy atom. The van der Waals surface area contributed by atoms with Gasteiger partial charge >= 0.3 is 0 Å². The van der Waals surface area contributed by atoms with Gasteiger partial charge in [0.15, 0.2) is 11.5 Å². The third-order valence-electron chi connectivity index (χ3n) is 5.31. The summed E-state index contributed by atoms with van der Waals surface area (Å²) in [6.07, 6.45) is 4.34. The van der Waals surface area contributed by atoms with E-state index in [9.17, 15) is 5.11 Å². The van der Waals surface area contributed by atoms with Gasteiger partial charge < -0.3 is 15.3 Å². The van der Waals surface area contributed by atoms with Crippen LogP contribution in [0, 0.1) is 0 Å². The van der Waals surface area contributed by atoms with Crippen molar-refractivity contribution in [3.8, 4) is 11.5 Å². The molecule has 0 spiro atoms. The van der Waals surface area contributed by atoms with E-state index in [0.29, 0.717) is 12.3 Å². The van der Waals surface area contributed by atoms with E-state index in [4.69, 9.17) is 4.74 Å². The fourth-order valence-corrected chi connectivity index (χ4v) is 3.86. The number of ether oxygens (including phenoxy) is 1. The van der Waals surface area contributed by atoms with Crippen molar-refractivity contribution >= 4 is 5.69 Å². The second-order valence-electron chi connectivity index (χ2n) is 6.75. The van der Waals surface area contributed by atoms with Crippen molar-refractivity contribution in [2.24, 2.45) is 0 Å². The molecule has 3 rings (SSSR count). The molecule has 0 fully saturated rings. The Bertz CT molecular complexity index is 690. The standard InChI is InChI=1S/C21H28N2O2/c1-3-5-14-21(4-2)17-12-9-13-18(24)20(17)25-19(21)15-22-23-16-10-7-6-8-11-16/h6-13,19,22-24H,3-5,14-15H2,1-2H3/t19-,21+/m1/s1. The van der Waals surface area contributed by atoms with E-state index in [1.54, 1.807) is 6.07 Å². The van der Waals surface area contributed by atoms with E-state index in [-0.39, 0.29) is 17.3 Å². The molecule has 0 aromatic heterocycles. The van der Waals surface area contributed by atoms with Gasteiger partial charge in [0.1, 0.15) is 6.10 Å². The fourth-order valence-electron chi connectivity index (χ4n) is 3.86. The van der Waals surface area contributed by atoms with Gasteiger partial charge in [0, 0.05) is 16.7 Å². The molecule has 1 aliphatic heterocycles. The molecule has 2 aromatic rings. The van der Waals surface area contributed by atoms with Crippen LogP contribution in [0.1, 0.15) is 45.1 Å². The summed E-state index contributed by atoms with van der Waals surface area (Å²) >= 11 is 0. The second kappa shape index (κ2) is 7.79. The number of nitrogens with one attached hydrogen (secondary N) is 2. The lowest BCUT2D eigenvalue weighted by Crippen LogP contribution is -2.45. The van der Waals surface area contributed by atoms with Gasteiger partial charge in [-0.25, -0.2) is 5.43 Å². The molecule has 0 aliphatic carbocycles. The van der Waals surface area contributed by atoms with Gasteiger partial charge in [-0.15, -0.1) is 0 Å². The van der Waals surface area contributed by atoms with Crippen molar-refractivity contribution in [3.05, 3.63) is 54.1 Å². The minimum Gasteiger partial charge on any atom is -0.504 e. The minimum absolute atomic E-state index is 0.0106. The van der Waals surface area contributed by atoms with Gasteiger partial charge in [-0.2, -0.15) is 0 Å². The Kier molecular flexibility index (Phi) is 5.49. The smallest absolute Gasteiger partial charge is 0.165 e. The van der Waals surface area contributed by atoms with Crippen LogP contribution < -0.4 is 15.6 Å². The Balaban J connectivity index is 1.78. The molecule has 0 amide bonds. The Labute approximate surface area is 150 Å². The summed E-state index contributed by atoms with van der Waals surface area (Å²) in [6, 6.07) is 15.8. The molecule has 1 aliphatic rings. The molecular weight excluding hydrogens is 312 g/mol. The highest BCUT2D eigenvalue weighted by Crippen LogP contribution is 2.51. The Hall–Kier alpha value is -2.20. The van der Waals surface area contributed by atoms with E-state index >= 15 is 0 Å². The summed E-state index contributed by atoms with van der Waals surface area (Å²) in [5.41, 5.74) is 8.66. The number of aromatic hydroxyl groups is 1. The molecule has 0 bridgehead atoms. The summed E-state index contributed by atoms with van der Waals surface area (Å²) < 4.78 is 6.23. The molecule has 25 heavy (non-hydrogen) atoms. The molecule has 0 unspecified atom stereocenters. The Morgan fingerprint density at radius 1 is 1.08 bits per heavy atom. The first-order chi connectivity index (χ1) is 12.2. The van der Waals surface area contributed by atoms with Gasteiger partial charge in [0.2, 0.25) is 0 Å². The normalized spacial score (nSPS) is 21.6. The maximum absolute atomic E-state index is 10.2. The van der Waals surface area contributed by atoms with Crippen LogP contribution in [0.25, 0.3) is 0 Å². The maximum Gasteiger partial charge on any atom is 0.165 e. The number of hydrogen-bond donors (Lipinski definition) is 3. The summed E-state index contributed by atoms with van der Waals surface area (Å²) in [5.74, 6) is 0.900. The third-order valence-corrected chi connectivity index (χ3v) is 5.31. The van der Waals surface area contributed by atoms with E-state index in [0.717, 1.165) is 36.9 Å². The molecule has 134 valence electrons. The number of hydrogen-bond acceptors (Lipinski definition) is 4. The van der Waals surface area contributed by atoms with Crippen molar-refractivity contribution in [1.82, 2.24) is 5.43 Å². The molecule has 2 atom stereocenters. The topological polar surface area (TPSA) is 53.5 Å². The van der Waals surface area contributed by atoms with Crippen molar-refractivity contribution in [3.63, 3.8) is 0 Å². The lowest BCUT2D eigenvalue weighted by molar-refractivity contribution is 0.129. The zero-order valence-corrected chi connectivity index (χ0v) is 15.1. The second-order valence-corrected chi connectivity index (χ2v) is 6.75. The maximum atomic E-state index is 10.2. The van der Waals surface area contributed by atoms with Gasteiger partial charge in [-0.3, -0.25) is 0 Å². The average molecular weight is 340 g/mol. The molecular formula is C21H28N2O2. The number of hydrazine groups is 1. The SMILES string of the molecule is CCCC[C@@]1(CC)c2cccc(O)c2O[C@@H]1CNNc1ccccc1. The zero-order chi connectivity index (χ0) is 17.7. The first-order valence-corrected chi connectivity index (χ1v) is 9.24. The van der Waals surface area contributed by atoms with Crippen molar-refractivity contribution in [2.45, 2.75) is 51.0 Å². The molecule has 0 saturated carbocycles. The predicted molar refractivity (Wildman–Crippen MR) is 102 cm³/mol. The summed E-state index contributed by atoms with van der Waals surface area (Å²) in [7, 11) is 0. The van der Waals surface area contributed by atoms with E-state index in [1.165, 1.54) is 0 Å². The number of anilines is 1. The molecule has 2 aromatic carbocycles. The van der Waals surface area contributed by atoms with E-state index in [2.05, 4.69) is 30.8 Å². The van der Waals surface area contributed by atoms with Crippen LogP contribution in [0.5, 0.6) is 11.5 Å². The number of phenols is 1. The number of para-hydroxylation sites is 2. The quantitative estimate of drug-likeness (QED) is 0.614. The molecule has 1 heterocycles. The van der Waals surface area contributed by atoms with Crippen molar-refractivity contribution < 1.29 is 9.84 Å². The lowest BCUT2D eigenvalue weighted by Gasteiger charge is -2.34. The molecule has 4 nitrogen and oxygen atoms in total. The van der Waals surface area contributed by atoms with Gasteiger partial charge in [0.05, 0.1) is 6.54 Å². The Morgan fingerprint density at radius 2 is 1.88 bits per heavy atom. The largest absolute Gasteiger partial charge is 0.504 e. The van der Waals surface area contributed by atoms with Crippen molar-refractivity contribution in [2.75, 3.05) is 12.0 Å². The minimum atomic E-state index is -0.0601. The number of benzene rings is 2. The van der Waals surface area contributed by atoms with Crippen LogP contribution in [0.4, 0.5) is 5.69 Å². The number of rotatable bonds is 8. The number of fused-ring (bicyclic) bond motifs is 1. The highest BCUT2D eigenvalue weighted by atomic mass is 16.5. The summed E-state index contributed by atoms with van der Waals surface area (Å²) in [5, 5.41) is 10.2. The van der Waals surface area contributed by atoms with Crippen LogP contribution in [0.2, 0.25) is 0 Å². The van der Waals surface area contributed by atoms with Gasteiger partial charge in [0.25, 0.3) is 0 Å². The highest BCUT2D eigenvalue weighted by Gasteiger charge is 2.47. The van der Waals surface area contributed by atoms with Gasteiger partial charge in [-0.1, -0.05) is 57.0 Å². The average Bonchev–Trinajstić information content (AvgIpc) is 2.96. The number of unbranched alkanes of at least 4 members (excludes halogenated alkanes) is 1. The monoisotopic (exact) mass is 340 g/mol. The van der Waals surface area contributed by atoms with Crippen LogP contribution >= 0.6 is 0 Å². The first kappa shape index (κ1) is 17.6. The summed E-state index contributed by atoms with van der Waals surface area (Å²) in [6.45, 7) is 5.10. The van der Waals surface area contributed by atoms with Gasteiger partial charge in [-0.05, 0) is 31.0 Å². The van der Waals surface area contributed by atoms with Crippen LogP contribution in [-0.4, -0.2) is 17.8 Å². The molecule has 4 heteroatoms. The van der Waals surface area contributed by atoms with Crippen LogP contribution in [0.15, 0.2) is 48.5 Å². The first-order valence-electron chi connectivity index (χ1n) is 9.24. The van der Waals surface area contributed by atoms with Crippen LogP contribution in [0.3, 0.4) is 0 Å². The van der Waals surface area contributed by atoms with Crippen molar-refractivity contribution in [1.29, 1.82) is 0 Å².